The fourth-order valence-corrected chi connectivity index (χ4v) is 3.28. The first kappa shape index (κ1) is 19.7. The maximum atomic E-state index is 12.1. The molecule has 8 nitrogen and oxygen atoms in total. The number of thioether (sulfide) groups is 1. The van der Waals surface area contributed by atoms with Crippen molar-refractivity contribution in [3.63, 3.8) is 0 Å². The molecule has 0 saturated carbocycles. The Morgan fingerprint density at radius 1 is 1.29 bits per heavy atom. The Kier molecular flexibility index (Phi) is 6.49. The number of ether oxygens (including phenoxy) is 1. The summed E-state index contributed by atoms with van der Waals surface area (Å²) in [7, 11) is 1.63. The molecule has 1 amide bonds. The highest BCUT2D eigenvalue weighted by Crippen LogP contribution is 2.25. The fraction of sp³-hybridized carbons (Fsp3) is 0.263. The smallest absolute Gasteiger partial charge is 0.250 e. The molecule has 3 aromatic rings. The van der Waals surface area contributed by atoms with Gasteiger partial charge in [0.25, 0.3) is 5.91 Å². The van der Waals surface area contributed by atoms with Gasteiger partial charge in [0.15, 0.2) is 11.0 Å². The summed E-state index contributed by atoms with van der Waals surface area (Å²) in [5.41, 5.74) is 4.06. The first-order valence-electron chi connectivity index (χ1n) is 8.69. The highest BCUT2D eigenvalue weighted by atomic mass is 32.2. The molecule has 3 rings (SSSR count). The van der Waals surface area contributed by atoms with Gasteiger partial charge >= 0.3 is 0 Å². The number of furan rings is 1. The van der Waals surface area contributed by atoms with Crippen LogP contribution in [0.15, 0.2) is 57.3 Å². The number of carbonyl (C=O) groups excluding carboxylic acids is 1. The third-order valence-electron chi connectivity index (χ3n) is 3.94. The van der Waals surface area contributed by atoms with Crippen molar-refractivity contribution in [1.29, 1.82) is 0 Å². The summed E-state index contributed by atoms with van der Waals surface area (Å²) in [5, 5.41) is 13.2. The van der Waals surface area contributed by atoms with E-state index in [1.54, 1.807) is 32.4 Å². The molecule has 0 radical (unpaired) electrons. The molecule has 0 aliphatic rings. The number of hydrogen-bond donors (Lipinski definition) is 1. The van der Waals surface area contributed by atoms with Gasteiger partial charge in [0, 0.05) is 12.1 Å². The van der Waals surface area contributed by atoms with Crippen molar-refractivity contribution in [1.82, 2.24) is 20.2 Å². The Bertz CT molecular complexity index is 949. The van der Waals surface area contributed by atoms with Crippen LogP contribution >= 0.6 is 11.8 Å². The van der Waals surface area contributed by atoms with Crippen molar-refractivity contribution in [2.24, 2.45) is 5.10 Å². The van der Waals surface area contributed by atoms with Crippen molar-refractivity contribution >= 4 is 23.4 Å². The van der Waals surface area contributed by atoms with Crippen molar-refractivity contribution in [3.05, 3.63) is 48.4 Å². The number of benzene rings is 1. The SMILES string of the molecule is CCn1c(SCC(=O)N/N=C(/C)c2ccco2)nnc1-c1ccc(OC)cc1. The minimum Gasteiger partial charge on any atom is -0.497 e. The van der Waals surface area contributed by atoms with Crippen molar-refractivity contribution in [3.8, 4) is 17.1 Å². The molecule has 0 bridgehead atoms. The van der Waals surface area contributed by atoms with Crippen molar-refractivity contribution in [2.75, 3.05) is 12.9 Å². The molecule has 0 saturated heterocycles. The van der Waals surface area contributed by atoms with Crippen LogP contribution in [0.5, 0.6) is 5.75 Å². The van der Waals surface area contributed by atoms with E-state index in [-0.39, 0.29) is 11.7 Å². The molecule has 2 aromatic heterocycles. The minimum atomic E-state index is -0.229. The molecule has 9 heteroatoms. The number of nitrogens with zero attached hydrogens (tertiary/aromatic N) is 4. The van der Waals surface area contributed by atoms with Crippen LogP contribution in [-0.2, 0) is 11.3 Å². The second-order valence-corrected chi connectivity index (χ2v) is 6.72. The Hall–Kier alpha value is -3.07. The van der Waals surface area contributed by atoms with Gasteiger partial charge in [-0.05, 0) is 50.2 Å². The maximum Gasteiger partial charge on any atom is 0.250 e. The van der Waals surface area contributed by atoms with Gasteiger partial charge in [-0.1, -0.05) is 11.8 Å². The zero-order valence-electron chi connectivity index (χ0n) is 15.9. The Morgan fingerprint density at radius 2 is 2.07 bits per heavy atom. The first-order valence-corrected chi connectivity index (χ1v) is 9.68. The largest absolute Gasteiger partial charge is 0.497 e. The second-order valence-electron chi connectivity index (χ2n) is 5.78. The van der Waals surface area contributed by atoms with Gasteiger partial charge in [0.2, 0.25) is 0 Å². The third-order valence-corrected chi connectivity index (χ3v) is 4.91. The Labute approximate surface area is 167 Å². The topological polar surface area (TPSA) is 94.5 Å². The summed E-state index contributed by atoms with van der Waals surface area (Å²) < 4.78 is 12.4. The lowest BCUT2D eigenvalue weighted by Gasteiger charge is -2.07. The van der Waals surface area contributed by atoms with Gasteiger partial charge in [0.1, 0.15) is 17.2 Å². The van der Waals surface area contributed by atoms with Crippen LogP contribution in [0.4, 0.5) is 0 Å². The predicted molar refractivity (Wildman–Crippen MR) is 107 cm³/mol. The van der Waals surface area contributed by atoms with Gasteiger partial charge in [0.05, 0.1) is 19.1 Å². The van der Waals surface area contributed by atoms with E-state index in [0.29, 0.717) is 23.2 Å². The molecule has 0 aliphatic carbocycles. The summed E-state index contributed by atoms with van der Waals surface area (Å²) in [5.74, 6) is 2.09. The number of carbonyl (C=O) groups is 1. The number of nitrogens with one attached hydrogen (secondary N) is 1. The van der Waals surface area contributed by atoms with E-state index in [4.69, 9.17) is 9.15 Å². The van der Waals surface area contributed by atoms with Crippen LogP contribution in [0.3, 0.4) is 0 Å². The number of methoxy groups -OCH3 is 1. The summed E-state index contributed by atoms with van der Waals surface area (Å²) >= 11 is 1.31. The Morgan fingerprint density at radius 3 is 2.71 bits per heavy atom. The molecule has 0 fully saturated rings. The van der Waals surface area contributed by atoms with E-state index in [1.165, 1.54) is 11.8 Å². The summed E-state index contributed by atoms with van der Waals surface area (Å²) in [6, 6.07) is 11.2. The van der Waals surface area contributed by atoms with Gasteiger partial charge in [-0.3, -0.25) is 4.79 Å². The third kappa shape index (κ3) is 4.61. The van der Waals surface area contributed by atoms with Crippen LogP contribution < -0.4 is 10.2 Å². The van der Waals surface area contributed by atoms with Crippen LogP contribution in [0.2, 0.25) is 0 Å². The molecule has 0 unspecified atom stereocenters. The lowest BCUT2D eigenvalue weighted by Crippen LogP contribution is -2.21. The molecule has 0 atom stereocenters. The van der Waals surface area contributed by atoms with Crippen LogP contribution in [0, 0.1) is 0 Å². The van der Waals surface area contributed by atoms with E-state index in [9.17, 15) is 4.79 Å². The van der Waals surface area contributed by atoms with E-state index < -0.39 is 0 Å². The van der Waals surface area contributed by atoms with E-state index in [0.717, 1.165) is 17.1 Å². The van der Waals surface area contributed by atoms with Crippen LogP contribution in [0.25, 0.3) is 11.4 Å². The van der Waals surface area contributed by atoms with Gasteiger partial charge in [-0.15, -0.1) is 10.2 Å². The molecule has 146 valence electrons. The number of aromatic nitrogens is 3. The zero-order chi connectivity index (χ0) is 19.9. The number of rotatable bonds is 8. The molecule has 1 N–H and O–H groups in total. The van der Waals surface area contributed by atoms with Crippen molar-refractivity contribution < 1.29 is 13.9 Å². The average Bonchev–Trinajstić information content (AvgIpc) is 3.40. The maximum absolute atomic E-state index is 12.1. The monoisotopic (exact) mass is 399 g/mol. The first-order chi connectivity index (χ1) is 13.6. The number of hydrazone groups is 1. The zero-order valence-corrected chi connectivity index (χ0v) is 16.7. The summed E-state index contributed by atoms with van der Waals surface area (Å²) in [6.07, 6.45) is 1.56. The fourth-order valence-electron chi connectivity index (χ4n) is 2.48. The van der Waals surface area contributed by atoms with Crippen molar-refractivity contribution in [2.45, 2.75) is 25.5 Å². The molecular formula is C19H21N5O3S. The minimum absolute atomic E-state index is 0.176. The standard InChI is InChI=1S/C19H21N5O3S/c1-4-24-18(14-7-9-15(26-3)10-8-14)22-23-19(24)28-12-17(25)21-20-13(2)16-6-5-11-27-16/h5-11H,4,12H2,1-3H3,(H,21,25)/b20-13-. The average molecular weight is 399 g/mol. The highest BCUT2D eigenvalue weighted by molar-refractivity contribution is 7.99. The lowest BCUT2D eigenvalue weighted by atomic mass is 10.2. The van der Waals surface area contributed by atoms with Gasteiger partial charge in [-0.2, -0.15) is 5.10 Å². The van der Waals surface area contributed by atoms with E-state index >= 15 is 0 Å². The summed E-state index contributed by atoms with van der Waals surface area (Å²) in [6.45, 7) is 4.46. The molecule has 0 aliphatic heterocycles. The number of hydrogen-bond acceptors (Lipinski definition) is 7. The highest BCUT2D eigenvalue weighted by Gasteiger charge is 2.14. The lowest BCUT2D eigenvalue weighted by molar-refractivity contribution is -0.118. The molecule has 2 heterocycles. The molecule has 1 aromatic carbocycles. The molecule has 28 heavy (non-hydrogen) atoms. The van der Waals surface area contributed by atoms with Crippen LogP contribution in [0.1, 0.15) is 19.6 Å². The summed E-state index contributed by atoms with van der Waals surface area (Å²) in [4.78, 5) is 12.1. The van der Waals surface area contributed by atoms with Gasteiger partial charge < -0.3 is 13.7 Å². The van der Waals surface area contributed by atoms with E-state index in [2.05, 4.69) is 20.7 Å². The van der Waals surface area contributed by atoms with Crippen LogP contribution in [-0.4, -0.2) is 39.2 Å². The Balaban J connectivity index is 1.63. The molecular weight excluding hydrogens is 378 g/mol. The number of amides is 1. The normalized spacial score (nSPS) is 11.5. The van der Waals surface area contributed by atoms with E-state index in [1.807, 2.05) is 35.8 Å². The quantitative estimate of drug-likeness (QED) is 0.355. The van der Waals surface area contributed by atoms with Gasteiger partial charge in [-0.25, -0.2) is 5.43 Å². The second kappa shape index (κ2) is 9.23. The molecule has 0 spiro atoms. The predicted octanol–water partition coefficient (Wildman–Crippen LogP) is 3.20.